The maximum absolute atomic E-state index is 9.55. The van der Waals surface area contributed by atoms with Crippen molar-refractivity contribution in [3.63, 3.8) is 0 Å². The summed E-state index contributed by atoms with van der Waals surface area (Å²) in [4.78, 5) is 21.6. The lowest BCUT2D eigenvalue weighted by atomic mass is 9.76. The van der Waals surface area contributed by atoms with Gasteiger partial charge in [0.1, 0.15) is 0 Å². The second-order valence-electron chi connectivity index (χ2n) is 7.85. The molecule has 0 spiro atoms. The van der Waals surface area contributed by atoms with E-state index in [0.717, 1.165) is 6.42 Å². The van der Waals surface area contributed by atoms with Crippen molar-refractivity contribution >= 4 is 11.9 Å². The Kier molecular flexibility index (Phi) is 6.49. The quantitative estimate of drug-likeness (QED) is 0.759. The van der Waals surface area contributed by atoms with Crippen LogP contribution in [0.3, 0.4) is 0 Å². The fourth-order valence-electron chi connectivity index (χ4n) is 4.43. The van der Waals surface area contributed by atoms with E-state index in [1.165, 1.54) is 30.6 Å². The molecule has 152 valence electrons. The molecule has 5 nitrogen and oxygen atoms in total. The van der Waals surface area contributed by atoms with Crippen molar-refractivity contribution in [3.8, 4) is 0 Å². The molecule has 5 heteroatoms. The van der Waals surface area contributed by atoms with Gasteiger partial charge in [-0.3, -0.25) is 0 Å². The summed E-state index contributed by atoms with van der Waals surface area (Å²) in [6.07, 6.45) is 3.50. The van der Waals surface area contributed by atoms with E-state index < -0.39 is 11.9 Å². The third-order valence-corrected chi connectivity index (χ3v) is 5.72. The smallest absolute Gasteiger partial charge is 0.328 e. The molecule has 1 aliphatic heterocycles. The topological polar surface area (TPSA) is 77.8 Å². The number of nitrogens with zero attached hydrogens (tertiary/aromatic N) is 1. The van der Waals surface area contributed by atoms with E-state index in [4.69, 9.17) is 10.2 Å². The Bertz CT molecular complexity index is 918. The maximum atomic E-state index is 9.55. The molecular formula is C24H27NO4. The van der Waals surface area contributed by atoms with E-state index in [1.54, 1.807) is 16.7 Å². The first-order valence-corrected chi connectivity index (χ1v) is 9.85. The Hall–Kier alpha value is -2.92. The van der Waals surface area contributed by atoms with Gasteiger partial charge in [-0.25, -0.2) is 9.59 Å². The third-order valence-electron chi connectivity index (χ3n) is 5.72. The van der Waals surface area contributed by atoms with Crippen molar-refractivity contribution in [1.29, 1.82) is 0 Å². The number of carboxylic acids is 2. The monoisotopic (exact) mass is 393 g/mol. The van der Waals surface area contributed by atoms with Gasteiger partial charge in [-0.05, 0) is 61.5 Å². The molecule has 0 saturated carbocycles. The van der Waals surface area contributed by atoms with E-state index in [0.29, 0.717) is 24.0 Å². The van der Waals surface area contributed by atoms with Gasteiger partial charge < -0.3 is 15.1 Å². The van der Waals surface area contributed by atoms with Gasteiger partial charge in [-0.2, -0.15) is 0 Å². The lowest BCUT2D eigenvalue weighted by molar-refractivity contribution is -0.134. The number of hydrogen-bond acceptors (Lipinski definition) is 3. The molecule has 2 N–H and O–H groups in total. The number of carboxylic acid groups (broad SMARTS) is 2. The van der Waals surface area contributed by atoms with Crippen LogP contribution in [-0.2, 0) is 16.0 Å². The van der Waals surface area contributed by atoms with E-state index in [2.05, 4.69) is 61.3 Å². The van der Waals surface area contributed by atoms with Crippen LogP contribution in [0.4, 0.5) is 0 Å². The van der Waals surface area contributed by atoms with Gasteiger partial charge in [0.2, 0.25) is 0 Å². The van der Waals surface area contributed by atoms with E-state index in [9.17, 15) is 9.59 Å². The Morgan fingerprint density at radius 2 is 1.62 bits per heavy atom. The van der Waals surface area contributed by atoms with Gasteiger partial charge in [-0.15, -0.1) is 0 Å². The van der Waals surface area contributed by atoms with Crippen molar-refractivity contribution in [2.45, 2.75) is 31.6 Å². The second kappa shape index (κ2) is 9.05. The summed E-state index contributed by atoms with van der Waals surface area (Å²) < 4.78 is 0. The zero-order valence-electron chi connectivity index (χ0n) is 16.8. The minimum Gasteiger partial charge on any atom is -0.478 e. The van der Waals surface area contributed by atoms with Gasteiger partial charge in [0, 0.05) is 24.6 Å². The highest BCUT2D eigenvalue weighted by Crippen LogP contribution is 2.45. The first-order valence-electron chi connectivity index (χ1n) is 9.85. The molecule has 1 saturated heterocycles. The molecule has 0 unspecified atom stereocenters. The fourth-order valence-corrected chi connectivity index (χ4v) is 4.43. The highest BCUT2D eigenvalue weighted by Gasteiger charge is 2.34. The first kappa shape index (κ1) is 20.8. The Balaban J connectivity index is 0.000000258. The highest BCUT2D eigenvalue weighted by molar-refractivity contribution is 5.89. The van der Waals surface area contributed by atoms with Crippen LogP contribution < -0.4 is 0 Å². The minimum atomic E-state index is -1.26. The summed E-state index contributed by atoms with van der Waals surface area (Å²) in [6, 6.07) is 16.2. The summed E-state index contributed by atoms with van der Waals surface area (Å²) in [5.74, 6) is -1.16. The number of fused-ring (bicyclic) bond motifs is 5. The minimum absolute atomic E-state index is 0.558. The van der Waals surface area contributed by atoms with E-state index >= 15 is 0 Å². The number of likely N-dealkylation sites (N-methyl/N-ethyl adjacent to an activating group) is 1. The van der Waals surface area contributed by atoms with Crippen LogP contribution in [0.15, 0.2) is 54.6 Å². The Labute approximate surface area is 171 Å². The molecule has 2 aromatic carbocycles. The lowest BCUT2D eigenvalue weighted by Gasteiger charge is -2.37. The zero-order chi connectivity index (χ0) is 21.0. The molecule has 0 bridgehead atoms. The van der Waals surface area contributed by atoms with Crippen molar-refractivity contribution in [2.75, 3.05) is 20.1 Å². The van der Waals surface area contributed by atoms with Gasteiger partial charge in [-0.1, -0.05) is 48.0 Å². The van der Waals surface area contributed by atoms with Gasteiger partial charge in [0.25, 0.3) is 0 Å². The molecule has 2 atom stereocenters. The average molecular weight is 393 g/mol. The van der Waals surface area contributed by atoms with Crippen molar-refractivity contribution < 1.29 is 19.8 Å². The number of likely N-dealkylation sites (tertiary alicyclic amines) is 1. The summed E-state index contributed by atoms with van der Waals surface area (Å²) in [6.45, 7) is 4.63. The third kappa shape index (κ3) is 5.12. The molecular weight excluding hydrogens is 366 g/mol. The lowest BCUT2D eigenvalue weighted by Crippen LogP contribution is -2.35. The molecule has 0 aromatic heterocycles. The number of rotatable bonds is 2. The van der Waals surface area contributed by atoms with Crippen molar-refractivity contribution in [2.24, 2.45) is 0 Å². The van der Waals surface area contributed by atoms with Crippen molar-refractivity contribution in [1.82, 2.24) is 4.90 Å². The SMILES string of the molecule is Cc1ccc2c(c1)[C@H]1CCN(C)C[C@@H]1c1ccccc1C2.O=C(O)/C=C\C(=O)O. The molecule has 29 heavy (non-hydrogen) atoms. The predicted molar refractivity (Wildman–Crippen MR) is 112 cm³/mol. The summed E-state index contributed by atoms with van der Waals surface area (Å²) in [5.41, 5.74) is 7.68. The van der Waals surface area contributed by atoms with Crippen LogP contribution in [0.1, 0.15) is 46.1 Å². The molecule has 0 radical (unpaired) electrons. The molecule has 1 heterocycles. The largest absolute Gasteiger partial charge is 0.478 e. The van der Waals surface area contributed by atoms with Crippen LogP contribution in [0.5, 0.6) is 0 Å². The Morgan fingerprint density at radius 3 is 2.31 bits per heavy atom. The van der Waals surface area contributed by atoms with Gasteiger partial charge in [0.05, 0.1) is 0 Å². The molecule has 2 aliphatic rings. The zero-order valence-corrected chi connectivity index (χ0v) is 16.8. The summed E-state index contributed by atoms with van der Waals surface area (Å²) in [7, 11) is 2.26. The van der Waals surface area contributed by atoms with Crippen LogP contribution in [0.2, 0.25) is 0 Å². The highest BCUT2D eigenvalue weighted by atomic mass is 16.4. The van der Waals surface area contributed by atoms with E-state index in [1.807, 2.05) is 0 Å². The molecule has 1 aliphatic carbocycles. The standard InChI is InChI=1S/C20H23N.C4H4O4/c1-14-7-8-16-12-15-5-3-4-6-17(15)20-13-21(2)10-9-18(20)19(16)11-14;5-3(6)1-2-4(7)8/h3-8,11,18,20H,9-10,12-13H2,1-2H3;1-2H,(H,5,6)(H,7,8)/b;2-1-/t18-,20-;/m1./s1. The number of carbonyl (C=O) groups is 2. The summed E-state index contributed by atoms with van der Waals surface area (Å²) >= 11 is 0. The second-order valence-corrected chi connectivity index (χ2v) is 7.85. The number of benzene rings is 2. The van der Waals surface area contributed by atoms with Crippen molar-refractivity contribution in [3.05, 3.63) is 82.4 Å². The summed E-state index contributed by atoms with van der Waals surface area (Å²) in [5, 5.41) is 15.6. The van der Waals surface area contributed by atoms with Crippen LogP contribution >= 0.6 is 0 Å². The predicted octanol–water partition coefficient (Wildman–Crippen LogP) is 3.81. The average Bonchev–Trinajstić information content (AvgIpc) is 2.81. The van der Waals surface area contributed by atoms with Crippen LogP contribution in [0, 0.1) is 6.92 Å². The number of hydrogen-bond donors (Lipinski definition) is 2. The van der Waals surface area contributed by atoms with Crippen LogP contribution in [0.25, 0.3) is 0 Å². The molecule has 2 aromatic rings. The molecule has 1 fully saturated rings. The van der Waals surface area contributed by atoms with E-state index in [-0.39, 0.29) is 0 Å². The molecule has 4 rings (SSSR count). The number of aliphatic carboxylic acids is 2. The molecule has 0 amide bonds. The normalized spacial score (nSPS) is 20.5. The number of piperidine rings is 1. The maximum Gasteiger partial charge on any atom is 0.328 e. The van der Waals surface area contributed by atoms with Gasteiger partial charge >= 0.3 is 11.9 Å². The first-order chi connectivity index (χ1) is 13.8. The van der Waals surface area contributed by atoms with Crippen LogP contribution in [-0.4, -0.2) is 47.2 Å². The van der Waals surface area contributed by atoms with Gasteiger partial charge in [0.15, 0.2) is 0 Å². The number of aryl methyl sites for hydroxylation is 1. The fraction of sp³-hybridized carbons (Fsp3) is 0.333. The Morgan fingerprint density at radius 1 is 0.966 bits per heavy atom.